The number of carbonyl (C=O) groups excluding carboxylic acids is 2. The SMILES string of the molecule is CC(C)NC(=O)CN1CCN(CC(=O)N2CCCC(C(F)(F)F)C2)CC1. The molecule has 2 saturated heterocycles. The van der Waals surface area contributed by atoms with E-state index in [0.29, 0.717) is 45.7 Å². The van der Waals surface area contributed by atoms with E-state index in [1.54, 1.807) is 0 Å². The van der Waals surface area contributed by atoms with E-state index in [1.165, 1.54) is 4.90 Å². The zero-order valence-corrected chi connectivity index (χ0v) is 15.5. The fourth-order valence-corrected chi connectivity index (χ4v) is 3.44. The molecule has 6 nitrogen and oxygen atoms in total. The molecule has 9 heteroatoms. The highest BCUT2D eigenvalue weighted by Gasteiger charge is 2.42. The Kier molecular flexibility index (Phi) is 7.28. The number of piperidine rings is 1. The predicted molar refractivity (Wildman–Crippen MR) is 91.5 cm³/mol. The maximum Gasteiger partial charge on any atom is 0.393 e. The van der Waals surface area contributed by atoms with E-state index < -0.39 is 12.1 Å². The molecule has 0 aliphatic carbocycles. The van der Waals surface area contributed by atoms with Crippen molar-refractivity contribution in [3.8, 4) is 0 Å². The van der Waals surface area contributed by atoms with Crippen molar-refractivity contribution in [2.24, 2.45) is 5.92 Å². The van der Waals surface area contributed by atoms with Gasteiger partial charge in [0.15, 0.2) is 0 Å². The van der Waals surface area contributed by atoms with Crippen LogP contribution in [0.5, 0.6) is 0 Å². The lowest BCUT2D eigenvalue weighted by Crippen LogP contribution is -2.53. The normalized spacial score (nSPS) is 23.3. The van der Waals surface area contributed by atoms with Crippen molar-refractivity contribution in [1.29, 1.82) is 0 Å². The second kappa shape index (κ2) is 9.03. The van der Waals surface area contributed by atoms with Crippen LogP contribution in [0.1, 0.15) is 26.7 Å². The van der Waals surface area contributed by atoms with Crippen LogP contribution in [0.15, 0.2) is 0 Å². The Hall–Kier alpha value is -1.35. The number of alkyl halides is 3. The molecule has 2 aliphatic heterocycles. The fraction of sp³-hybridized carbons (Fsp3) is 0.882. The van der Waals surface area contributed by atoms with Crippen molar-refractivity contribution in [1.82, 2.24) is 20.0 Å². The zero-order chi connectivity index (χ0) is 19.3. The molecule has 1 unspecified atom stereocenters. The summed E-state index contributed by atoms with van der Waals surface area (Å²) in [6, 6.07) is 0.103. The van der Waals surface area contributed by atoms with E-state index in [1.807, 2.05) is 23.6 Å². The standard InChI is InChI=1S/C17H29F3N4O2/c1-13(2)21-15(25)11-22-6-8-23(9-7-22)12-16(26)24-5-3-4-14(10-24)17(18,19)20/h13-14H,3-12H2,1-2H3,(H,21,25). The Balaban J connectivity index is 1.73. The van der Waals surface area contributed by atoms with Crippen LogP contribution in [-0.2, 0) is 9.59 Å². The fourth-order valence-electron chi connectivity index (χ4n) is 3.44. The summed E-state index contributed by atoms with van der Waals surface area (Å²) in [7, 11) is 0. The van der Waals surface area contributed by atoms with E-state index in [0.717, 1.165) is 0 Å². The van der Waals surface area contributed by atoms with Gasteiger partial charge in [-0.15, -0.1) is 0 Å². The van der Waals surface area contributed by atoms with Gasteiger partial charge in [-0.25, -0.2) is 0 Å². The van der Waals surface area contributed by atoms with E-state index in [-0.39, 0.29) is 37.4 Å². The van der Waals surface area contributed by atoms with Crippen LogP contribution < -0.4 is 5.32 Å². The van der Waals surface area contributed by atoms with Crippen LogP contribution in [0, 0.1) is 5.92 Å². The van der Waals surface area contributed by atoms with Gasteiger partial charge in [0.05, 0.1) is 19.0 Å². The predicted octanol–water partition coefficient (Wildman–Crippen LogP) is 0.930. The Morgan fingerprint density at radius 1 is 1.04 bits per heavy atom. The minimum absolute atomic E-state index is 0.0176. The monoisotopic (exact) mass is 378 g/mol. The number of rotatable bonds is 5. The van der Waals surface area contributed by atoms with Crippen molar-refractivity contribution in [2.75, 3.05) is 52.4 Å². The number of carbonyl (C=O) groups is 2. The molecule has 150 valence electrons. The first-order chi connectivity index (χ1) is 12.1. The van der Waals surface area contributed by atoms with Gasteiger partial charge in [-0.2, -0.15) is 13.2 Å². The molecule has 26 heavy (non-hydrogen) atoms. The molecule has 1 atom stereocenters. The molecule has 0 aromatic heterocycles. The van der Waals surface area contributed by atoms with E-state index in [4.69, 9.17) is 0 Å². The summed E-state index contributed by atoms with van der Waals surface area (Å²) >= 11 is 0. The lowest BCUT2D eigenvalue weighted by Gasteiger charge is -2.37. The molecular weight excluding hydrogens is 349 g/mol. The first-order valence-electron chi connectivity index (χ1n) is 9.23. The number of likely N-dealkylation sites (tertiary alicyclic amines) is 1. The summed E-state index contributed by atoms with van der Waals surface area (Å²) in [5.74, 6) is -1.66. The third-order valence-corrected chi connectivity index (χ3v) is 4.88. The molecule has 0 radical (unpaired) electrons. The maximum atomic E-state index is 12.9. The van der Waals surface area contributed by atoms with E-state index >= 15 is 0 Å². The summed E-state index contributed by atoms with van der Waals surface area (Å²) in [4.78, 5) is 29.5. The highest BCUT2D eigenvalue weighted by molar-refractivity contribution is 5.79. The maximum absolute atomic E-state index is 12.9. The second-order valence-corrected chi connectivity index (χ2v) is 7.50. The van der Waals surface area contributed by atoms with Gasteiger partial charge in [-0.3, -0.25) is 19.4 Å². The molecule has 0 aromatic carbocycles. The largest absolute Gasteiger partial charge is 0.393 e. The number of hydrogen-bond acceptors (Lipinski definition) is 4. The van der Waals surface area contributed by atoms with Crippen LogP contribution in [0.4, 0.5) is 13.2 Å². The minimum atomic E-state index is -4.23. The number of piperazine rings is 1. The average molecular weight is 378 g/mol. The summed E-state index contributed by atoms with van der Waals surface area (Å²) in [5, 5.41) is 2.85. The lowest BCUT2D eigenvalue weighted by atomic mass is 9.97. The van der Waals surface area contributed by atoms with Gasteiger partial charge in [-0.05, 0) is 26.7 Å². The van der Waals surface area contributed by atoms with Gasteiger partial charge in [-0.1, -0.05) is 0 Å². The molecule has 0 bridgehead atoms. The quantitative estimate of drug-likeness (QED) is 0.773. The molecule has 1 N–H and O–H groups in total. The summed E-state index contributed by atoms with van der Waals surface area (Å²) in [5.41, 5.74) is 0. The summed E-state index contributed by atoms with van der Waals surface area (Å²) in [6.07, 6.45) is -3.74. The molecule has 0 saturated carbocycles. The Morgan fingerprint density at radius 3 is 2.15 bits per heavy atom. The smallest absolute Gasteiger partial charge is 0.353 e. The van der Waals surface area contributed by atoms with Crippen molar-refractivity contribution < 1.29 is 22.8 Å². The number of halogens is 3. The molecule has 0 spiro atoms. The second-order valence-electron chi connectivity index (χ2n) is 7.50. The lowest BCUT2D eigenvalue weighted by molar-refractivity contribution is -0.188. The van der Waals surface area contributed by atoms with Crippen LogP contribution in [0.3, 0.4) is 0 Å². The van der Waals surface area contributed by atoms with Crippen molar-refractivity contribution in [3.05, 3.63) is 0 Å². The van der Waals surface area contributed by atoms with Crippen LogP contribution in [-0.4, -0.2) is 91.1 Å². The van der Waals surface area contributed by atoms with Crippen LogP contribution in [0.2, 0.25) is 0 Å². The third kappa shape index (κ3) is 6.42. The van der Waals surface area contributed by atoms with Gasteiger partial charge in [0.1, 0.15) is 0 Å². The van der Waals surface area contributed by atoms with Gasteiger partial charge in [0.2, 0.25) is 11.8 Å². The summed E-state index contributed by atoms with van der Waals surface area (Å²) in [6.45, 7) is 7.09. The molecule has 2 fully saturated rings. The number of hydrogen-bond donors (Lipinski definition) is 1. The molecule has 0 aromatic rings. The van der Waals surface area contributed by atoms with Gasteiger partial charge >= 0.3 is 6.18 Å². The topological polar surface area (TPSA) is 55.9 Å². The van der Waals surface area contributed by atoms with Crippen molar-refractivity contribution >= 4 is 11.8 Å². The van der Waals surface area contributed by atoms with Crippen molar-refractivity contribution in [3.63, 3.8) is 0 Å². The third-order valence-electron chi connectivity index (χ3n) is 4.88. The highest BCUT2D eigenvalue weighted by Crippen LogP contribution is 2.33. The zero-order valence-electron chi connectivity index (χ0n) is 15.5. The average Bonchev–Trinajstić information content (AvgIpc) is 2.55. The molecule has 2 amide bonds. The Morgan fingerprint density at radius 2 is 1.62 bits per heavy atom. The number of nitrogens with zero attached hydrogens (tertiary/aromatic N) is 3. The minimum Gasteiger partial charge on any atom is -0.353 e. The first-order valence-corrected chi connectivity index (χ1v) is 9.23. The molecule has 2 heterocycles. The van der Waals surface area contributed by atoms with Gasteiger partial charge in [0.25, 0.3) is 0 Å². The van der Waals surface area contributed by atoms with E-state index in [2.05, 4.69) is 5.32 Å². The Bertz CT molecular complexity index is 491. The van der Waals surface area contributed by atoms with Crippen molar-refractivity contribution in [2.45, 2.75) is 38.9 Å². The summed E-state index contributed by atoms with van der Waals surface area (Å²) < 4.78 is 38.6. The van der Waals surface area contributed by atoms with Crippen LogP contribution >= 0.6 is 0 Å². The van der Waals surface area contributed by atoms with Crippen LogP contribution in [0.25, 0.3) is 0 Å². The van der Waals surface area contributed by atoms with Gasteiger partial charge < -0.3 is 10.2 Å². The Labute approximate surface area is 152 Å². The molecular formula is C17H29F3N4O2. The molecule has 2 rings (SSSR count). The number of amides is 2. The van der Waals surface area contributed by atoms with Gasteiger partial charge in [0, 0.05) is 45.3 Å². The van der Waals surface area contributed by atoms with E-state index in [9.17, 15) is 22.8 Å². The highest BCUT2D eigenvalue weighted by atomic mass is 19.4. The molecule has 2 aliphatic rings. The first kappa shape index (κ1) is 21.0. The number of nitrogens with one attached hydrogen (secondary N) is 1.